The first-order valence-electron chi connectivity index (χ1n) is 17.6. The number of ether oxygens (including phenoxy) is 3. The Morgan fingerprint density at radius 3 is 1.94 bits per heavy atom. The number of nitrogens with zero attached hydrogens (tertiary/aromatic N) is 2. The molecule has 13 heteroatoms. The number of hydrogen-bond donors (Lipinski definition) is 3. The van der Waals surface area contributed by atoms with E-state index in [4.69, 9.17) is 14.2 Å². The lowest BCUT2D eigenvalue weighted by Crippen LogP contribution is -2.42. The maximum Gasteiger partial charge on any atom is 0.410 e. The molecule has 3 N–H and O–H groups in total. The first-order valence-corrected chi connectivity index (χ1v) is 17.6. The molecule has 0 spiro atoms. The molecule has 4 amide bonds. The van der Waals surface area contributed by atoms with E-state index in [1.807, 2.05) is 20.8 Å². The Balaban J connectivity index is 1.58. The molecular weight excluding hydrogens is 632 g/mol. The third-order valence-corrected chi connectivity index (χ3v) is 9.32. The van der Waals surface area contributed by atoms with Crippen LogP contribution in [0.15, 0.2) is 24.3 Å². The van der Waals surface area contributed by atoms with Crippen molar-refractivity contribution in [1.29, 1.82) is 0 Å². The normalized spacial score (nSPS) is 17.1. The summed E-state index contributed by atoms with van der Waals surface area (Å²) in [5, 5.41) is 15.0. The van der Waals surface area contributed by atoms with E-state index in [-0.39, 0.29) is 37.5 Å². The Kier molecular flexibility index (Phi) is 15.5. The van der Waals surface area contributed by atoms with Crippen LogP contribution in [0.25, 0.3) is 0 Å². The number of benzene rings is 1. The van der Waals surface area contributed by atoms with Gasteiger partial charge < -0.3 is 39.8 Å². The average molecular weight is 689 g/mol. The van der Waals surface area contributed by atoms with E-state index in [1.165, 1.54) is 4.90 Å². The third-order valence-electron chi connectivity index (χ3n) is 9.32. The Labute approximate surface area is 290 Å². The van der Waals surface area contributed by atoms with Gasteiger partial charge in [-0.25, -0.2) is 9.59 Å². The number of methoxy groups -OCH3 is 1. The van der Waals surface area contributed by atoms with Gasteiger partial charge in [-0.3, -0.25) is 14.4 Å². The molecule has 3 rings (SSSR count). The minimum atomic E-state index is -0.900. The van der Waals surface area contributed by atoms with Gasteiger partial charge >= 0.3 is 18.2 Å². The highest BCUT2D eigenvalue weighted by molar-refractivity contribution is 5.86. The summed E-state index contributed by atoms with van der Waals surface area (Å²) >= 11 is 0. The minimum Gasteiger partial charge on any atom is -0.497 e. The van der Waals surface area contributed by atoms with Crippen LogP contribution in [0, 0.1) is 17.8 Å². The zero-order valence-corrected chi connectivity index (χ0v) is 29.8. The monoisotopic (exact) mass is 688 g/mol. The molecule has 49 heavy (non-hydrogen) atoms. The van der Waals surface area contributed by atoms with Crippen LogP contribution in [-0.2, 0) is 23.9 Å². The van der Waals surface area contributed by atoms with Gasteiger partial charge in [0.1, 0.15) is 11.4 Å². The Hall–Kier alpha value is -4.03. The van der Waals surface area contributed by atoms with Crippen molar-refractivity contribution in [2.75, 3.05) is 46.4 Å². The van der Waals surface area contributed by atoms with Gasteiger partial charge in [0.15, 0.2) is 0 Å². The molecule has 2 aliphatic rings. The minimum absolute atomic E-state index is 0.0596. The molecule has 0 bridgehead atoms. The van der Waals surface area contributed by atoms with Crippen LogP contribution in [-0.4, -0.2) is 96.9 Å². The van der Waals surface area contributed by atoms with E-state index in [0.717, 1.165) is 38.5 Å². The number of likely N-dealkylation sites (tertiary alicyclic amines) is 2. The molecule has 2 heterocycles. The van der Waals surface area contributed by atoms with Crippen LogP contribution in [0.5, 0.6) is 5.75 Å². The second-order valence-corrected chi connectivity index (χ2v) is 14.1. The highest BCUT2D eigenvalue weighted by Crippen LogP contribution is 2.30. The fourth-order valence-corrected chi connectivity index (χ4v) is 6.46. The van der Waals surface area contributed by atoms with Crippen molar-refractivity contribution in [3.63, 3.8) is 0 Å². The summed E-state index contributed by atoms with van der Waals surface area (Å²) in [5.74, 6) is -0.0404. The van der Waals surface area contributed by atoms with Gasteiger partial charge in [-0.2, -0.15) is 0 Å². The van der Waals surface area contributed by atoms with E-state index in [9.17, 15) is 29.1 Å². The van der Waals surface area contributed by atoms with Crippen LogP contribution in [0.2, 0.25) is 0 Å². The second-order valence-electron chi connectivity index (χ2n) is 14.1. The number of carbonyl (C=O) groups is 5. The van der Waals surface area contributed by atoms with Crippen LogP contribution in [0.4, 0.5) is 9.59 Å². The van der Waals surface area contributed by atoms with Crippen LogP contribution >= 0.6 is 0 Å². The van der Waals surface area contributed by atoms with Crippen molar-refractivity contribution in [3.8, 4) is 5.75 Å². The van der Waals surface area contributed by atoms with Crippen LogP contribution in [0.1, 0.15) is 97.1 Å². The van der Waals surface area contributed by atoms with Crippen LogP contribution < -0.4 is 15.4 Å². The zero-order chi connectivity index (χ0) is 36.0. The van der Waals surface area contributed by atoms with Crippen molar-refractivity contribution in [1.82, 2.24) is 20.4 Å². The summed E-state index contributed by atoms with van der Waals surface area (Å²) in [4.78, 5) is 66.0. The molecule has 2 aliphatic heterocycles. The average Bonchev–Trinajstić information content (AvgIpc) is 3.06. The van der Waals surface area contributed by atoms with Gasteiger partial charge in [0.25, 0.3) is 0 Å². The first kappa shape index (κ1) is 39.4. The lowest BCUT2D eigenvalue weighted by Gasteiger charge is -2.34. The molecule has 1 aromatic rings. The van der Waals surface area contributed by atoms with Gasteiger partial charge in [0.2, 0.25) is 11.8 Å². The molecule has 0 aromatic heterocycles. The molecule has 2 unspecified atom stereocenters. The number of hydrogen-bond acceptors (Lipinski definition) is 8. The molecule has 2 atom stereocenters. The molecule has 1 aromatic carbocycles. The lowest BCUT2D eigenvalue weighted by atomic mass is 9.84. The van der Waals surface area contributed by atoms with Gasteiger partial charge in [-0.1, -0.05) is 12.1 Å². The van der Waals surface area contributed by atoms with Crippen molar-refractivity contribution < 1.29 is 43.3 Å². The number of carboxylic acid groups (broad SMARTS) is 1. The second kappa shape index (κ2) is 19.2. The summed E-state index contributed by atoms with van der Waals surface area (Å²) < 4.78 is 15.9. The van der Waals surface area contributed by atoms with E-state index >= 15 is 0 Å². The largest absolute Gasteiger partial charge is 0.497 e. The molecule has 0 saturated carbocycles. The molecule has 2 saturated heterocycles. The third kappa shape index (κ3) is 13.8. The molecule has 0 aliphatic carbocycles. The van der Waals surface area contributed by atoms with E-state index in [1.54, 1.807) is 43.2 Å². The fourth-order valence-electron chi connectivity index (χ4n) is 6.46. The predicted molar refractivity (Wildman–Crippen MR) is 183 cm³/mol. The highest BCUT2D eigenvalue weighted by atomic mass is 16.6. The van der Waals surface area contributed by atoms with Crippen molar-refractivity contribution in [2.45, 2.75) is 97.1 Å². The fraction of sp³-hybridized carbons (Fsp3) is 0.694. The summed E-state index contributed by atoms with van der Waals surface area (Å²) in [6, 6.07) is 6.40. The predicted octanol–water partition coefficient (Wildman–Crippen LogP) is 5.14. The lowest BCUT2D eigenvalue weighted by molar-refractivity contribution is -0.144. The molecule has 0 radical (unpaired) electrons. The smallest absolute Gasteiger partial charge is 0.410 e. The number of rotatable bonds is 15. The number of piperidine rings is 2. The number of nitrogens with one attached hydrogen (secondary N) is 2. The topological polar surface area (TPSA) is 164 Å². The van der Waals surface area contributed by atoms with Crippen molar-refractivity contribution in [2.24, 2.45) is 17.8 Å². The van der Waals surface area contributed by atoms with Crippen molar-refractivity contribution >= 4 is 30.0 Å². The van der Waals surface area contributed by atoms with Crippen LogP contribution in [0.3, 0.4) is 0 Å². The number of amides is 4. The van der Waals surface area contributed by atoms with E-state index in [2.05, 4.69) is 10.6 Å². The quantitative estimate of drug-likeness (QED) is 0.212. The van der Waals surface area contributed by atoms with Crippen molar-refractivity contribution in [3.05, 3.63) is 29.8 Å². The highest BCUT2D eigenvalue weighted by Gasteiger charge is 2.30. The summed E-state index contributed by atoms with van der Waals surface area (Å²) in [7, 11) is 1.56. The molecular formula is C36H56N4O9. The van der Waals surface area contributed by atoms with E-state index in [0.29, 0.717) is 62.2 Å². The van der Waals surface area contributed by atoms with Gasteiger partial charge in [-0.15, -0.1) is 0 Å². The molecule has 274 valence electrons. The summed E-state index contributed by atoms with van der Waals surface area (Å²) in [6.45, 7) is 9.47. The maximum absolute atomic E-state index is 13.6. The summed E-state index contributed by atoms with van der Waals surface area (Å²) in [6.07, 6.45) is 4.84. The number of carbonyl (C=O) groups excluding carboxylic acids is 4. The number of esters is 1. The first-order chi connectivity index (χ1) is 23.3. The summed E-state index contributed by atoms with van der Waals surface area (Å²) in [5.41, 5.74) is 0.158. The standard InChI is InChI=1S/C36H56N4O9/c1-6-48-32(42)23-30(27-11-13-29(47-5)14-12-27)38-31(41)24-37-33(43)28(9-7-25-15-19-39(20-16-25)34(44)45)10-8-26-17-21-40(22-18-26)35(46)49-36(2,3)4/h11-14,25-26,28,30H,6-10,15-24H2,1-5H3,(H,37,43)(H,38,41)(H,44,45). The maximum atomic E-state index is 13.6. The zero-order valence-electron chi connectivity index (χ0n) is 29.8. The van der Waals surface area contributed by atoms with E-state index < -0.39 is 29.6 Å². The van der Waals surface area contributed by atoms with Gasteiger partial charge in [-0.05, 0) is 109 Å². The van der Waals surface area contributed by atoms with Gasteiger partial charge in [0.05, 0.1) is 32.7 Å². The molecule has 2 fully saturated rings. The Bertz CT molecular complexity index is 1230. The SMILES string of the molecule is CCOC(=O)CC(NC(=O)CNC(=O)C(CCC1CCN(C(=O)O)CC1)CCC1CCN(C(=O)OC(C)(C)C)CC1)c1ccc(OC)cc1. The Morgan fingerprint density at radius 1 is 0.898 bits per heavy atom. The molecule has 13 nitrogen and oxygen atoms in total. The Morgan fingerprint density at radius 2 is 1.45 bits per heavy atom. The van der Waals surface area contributed by atoms with Gasteiger partial charge in [0, 0.05) is 32.1 Å².